The van der Waals surface area contributed by atoms with E-state index in [1.807, 2.05) is 6.92 Å². The maximum atomic E-state index is 14.0. The number of rotatable bonds is 6. The summed E-state index contributed by atoms with van der Waals surface area (Å²) in [4.78, 5) is 38.9. The van der Waals surface area contributed by atoms with Gasteiger partial charge in [0.05, 0.1) is 12.7 Å². The molecule has 1 aromatic rings. The summed E-state index contributed by atoms with van der Waals surface area (Å²) in [7, 11) is 0. The maximum Gasteiger partial charge on any atom is 0.411 e. The van der Waals surface area contributed by atoms with Gasteiger partial charge in [0, 0.05) is 12.1 Å². The van der Waals surface area contributed by atoms with Gasteiger partial charge in [0.25, 0.3) is 0 Å². The van der Waals surface area contributed by atoms with Crippen LogP contribution in [0.2, 0.25) is 0 Å². The van der Waals surface area contributed by atoms with E-state index in [4.69, 9.17) is 14.2 Å². The van der Waals surface area contributed by atoms with E-state index in [1.165, 1.54) is 4.90 Å². The summed E-state index contributed by atoms with van der Waals surface area (Å²) in [5, 5.41) is 9.96. The summed E-state index contributed by atoms with van der Waals surface area (Å²) in [6.07, 6.45) is 1.33. The molecule has 8 nitrogen and oxygen atoms in total. The Morgan fingerprint density at radius 2 is 1.75 bits per heavy atom. The molecule has 3 rings (SSSR count). The minimum Gasteiger partial charge on any atom is -0.489 e. The van der Waals surface area contributed by atoms with Crippen molar-refractivity contribution in [2.45, 2.75) is 90.5 Å². The van der Waals surface area contributed by atoms with Crippen LogP contribution in [0.25, 0.3) is 0 Å². The van der Waals surface area contributed by atoms with Crippen molar-refractivity contribution in [1.29, 1.82) is 0 Å². The number of esters is 1. The summed E-state index contributed by atoms with van der Waals surface area (Å²) in [5.74, 6) is -4.40. The summed E-state index contributed by atoms with van der Waals surface area (Å²) in [6, 6.07) is 0.233. The normalized spacial score (nSPS) is 26.1. The lowest BCUT2D eigenvalue weighted by molar-refractivity contribution is -0.150. The molecule has 0 bridgehead atoms. The summed E-state index contributed by atoms with van der Waals surface area (Å²) in [6.45, 7) is 8.79. The van der Waals surface area contributed by atoms with Crippen molar-refractivity contribution in [3.8, 4) is 5.75 Å². The molecule has 200 valence electrons. The zero-order valence-electron chi connectivity index (χ0n) is 21.4. The fourth-order valence-corrected chi connectivity index (χ4v) is 5.44. The van der Waals surface area contributed by atoms with Gasteiger partial charge >= 0.3 is 18.0 Å². The Bertz CT molecular complexity index is 993. The number of benzene rings is 1. The van der Waals surface area contributed by atoms with Gasteiger partial charge in [0.1, 0.15) is 23.0 Å². The van der Waals surface area contributed by atoms with E-state index in [-0.39, 0.29) is 42.2 Å². The van der Waals surface area contributed by atoms with E-state index in [0.717, 1.165) is 12.1 Å². The van der Waals surface area contributed by atoms with Crippen LogP contribution in [-0.2, 0) is 14.3 Å². The molecule has 5 atom stereocenters. The van der Waals surface area contributed by atoms with Gasteiger partial charge in [-0.2, -0.15) is 0 Å². The second-order valence-electron chi connectivity index (χ2n) is 10.4. The van der Waals surface area contributed by atoms with E-state index in [9.17, 15) is 28.3 Å². The van der Waals surface area contributed by atoms with Crippen LogP contribution < -0.4 is 4.74 Å². The molecular weight excluding hydrogens is 476 g/mol. The van der Waals surface area contributed by atoms with Crippen LogP contribution >= 0.6 is 0 Å². The Morgan fingerprint density at radius 1 is 1.08 bits per heavy atom. The first-order valence-electron chi connectivity index (χ1n) is 12.4. The van der Waals surface area contributed by atoms with Crippen LogP contribution in [0.15, 0.2) is 12.1 Å². The van der Waals surface area contributed by atoms with Crippen molar-refractivity contribution in [2.24, 2.45) is 11.8 Å². The van der Waals surface area contributed by atoms with Gasteiger partial charge in [-0.05, 0) is 77.7 Å². The van der Waals surface area contributed by atoms with E-state index >= 15 is 0 Å². The lowest BCUT2D eigenvalue weighted by Gasteiger charge is -2.51. The number of carbonyl (C=O) groups is 3. The molecular formula is C26H35F2NO7. The molecule has 0 aromatic heterocycles. The van der Waals surface area contributed by atoms with Crippen molar-refractivity contribution in [1.82, 2.24) is 4.90 Å². The molecule has 1 heterocycles. The number of carbonyl (C=O) groups excluding carboxylic acids is 2. The Balaban J connectivity index is 1.83. The average molecular weight is 512 g/mol. The number of likely N-dealkylation sites (tertiary alicyclic amines) is 1. The van der Waals surface area contributed by atoms with Crippen LogP contribution in [0, 0.1) is 23.5 Å². The van der Waals surface area contributed by atoms with Gasteiger partial charge in [-0.25, -0.2) is 23.2 Å². The SMILES string of the molecule is CCOC(=O)c1cc(F)c(F)cc1O[C@H]1CC[C@H]2C(CC)N(C(=O)OC(C)(C)C)[C@H](C(=O)O)C[C@H]2C1. The first-order chi connectivity index (χ1) is 16.9. The van der Waals surface area contributed by atoms with Crippen molar-refractivity contribution in [3.05, 3.63) is 29.3 Å². The second kappa shape index (κ2) is 11.0. The van der Waals surface area contributed by atoms with Gasteiger partial charge in [-0.15, -0.1) is 0 Å². The van der Waals surface area contributed by atoms with Gasteiger partial charge < -0.3 is 19.3 Å². The Hall–Kier alpha value is -2.91. The van der Waals surface area contributed by atoms with Gasteiger partial charge in [0.2, 0.25) is 0 Å². The highest BCUT2D eigenvalue weighted by atomic mass is 19.2. The largest absolute Gasteiger partial charge is 0.489 e. The lowest BCUT2D eigenvalue weighted by atomic mass is 9.67. The number of aliphatic carboxylic acids is 1. The number of ether oxygens (including phenoxy) is 3. The molecule has 2 fully saturated rings. The number of carboxylic acids is 1. The van der Waals surface area contributed by atoms with E-state index in [0.29, 0.717) is 25.7 Å². The van der Waals surface area contributed by atoms with Crippen molar-refractivity contribution in [2.75, 3.05) is 6.61 Å². The fourth-order valence-electron chi connectivity index (χ4n) is 5.44. The van der Waals surface area contributed by atoms with Crippen LogP contribution in [0.3, 0.4) is 0 Å². The molecule has 1 saturated heterocycles. The summed E-state index contributed by atoms with van der Waals surface area (Å²) >= 11 is 0. The zero-order chi connectivity index (χ0) is 26.8. The Kier molecular flexibility index (Phi) is 8.46. The number of nitrogens with zero attached hydrogens (tertiary/aromatic N) is 1. The van der Waals surface area contributed by atoms with E-state index in [1.54, 1.807) is 27.7 Å². The van der Waals surface area contributed by atoms with Crippen LogP contribution in [0.4, 0.5) is 13.6 Å². The predicted octanol–water partition coefficient (Wildman–Crippen LogP) is 5.18. The number of carboxylic acid groups (broad SMARTS) is 1. The molecule has 1 N–H and O–H groups in total. The number of hydrogen-bond acceptors (Lipinski definition) is 6. The average Bonchev–Trinajstić information content (AvgIpc) is 2.78. The van der Waals surface area contributed by atoms with Crippen LogP contribution in [0.1, 0.15) is 77.1 Å². The standard InChI is InChI=1S/C26H35F2NO7/c1-6-20-16-9-8-15(35-22-13-19(28)18(27)12-17(22)24(32)34-7-2)10-14(16)11-21(23(30)31)29(20)25(33)36-26(3,4)5/h12-16,20-21H,6-11H2,1-5H3,(H,30,31)/t14-,15+,16-,20?,21+/m1/s1. The minimum absolute atomic E-state index is 0.0347. The molecule has 1 aliphatic heterocycles. The third-order valence-electron chi connectivity index (χ3n) is 6.83. The Morgan fingerprint density at radius 3 is 2.33 bits per heavy atom. The van der Waals surface area contributed by atoms with Crippen LogP contribution in [0.5, 0.6) is 5.75 Å². The molecule has 0 spiro atoms. The molecule has 1 amide bonds. The van der Waals surface area contributed by atoms with E-state index in [2.05, 4.69) is 0 Å². The first-order valence-corrected chi connectivity index (χ1v) is 12.4. The minimum atomic E-state index is -1.18. The molecule has 1 unspecified atom stereocenters. The van der Waals surface area contributed by atoms with Gasteiger partial charge in [0.15, 0.2) is 11.6 Å². The summed E-state index contributed by atoms with van der Waals surface area (Å²) in [5.41, 5.74) is -0.963. The number of hydrogen-bond donors (Lipinski definition) is 1. The molecule has 1 saturated carbocycles. The van der Waals surface area contributed by atoms with Crippen LogP contribution in [-0.4, -0.2) is 58.4 Å². The fraction of sp³-hybridized carbons (Fsp3) is 0.654. The number of piperidine rings is 1. The molecule has 1 aliphatic carbocycles. The zero-order valence-corrected chi connectivity index (χ0v) is 21.4. The molecule has 2 aliphatic rings. The quantitative estimate of drug-likeness (QED) is 0.525. The Labute approximate surface area is 209 Å². The lowest BCUT2D eigenvalue weighted by Crippen LogP contribution is -2.61. The van der Waals surface area contributed by atoms with E-state index < -0.39 is 47.4 Å². The number of amides is 1. The highest BCUT2D eigenvalue weighted by Crippen LogP contribution is 2.45. The third kappa shape index (κ3) is 6.07. The highest BCUT2D eigenvalue weighted by molar-refractivity contribution is 5.92. The van der Waals surface area contributed by atoms with Crippen molar-refractivity contribution >= 4 is 18.0 Å². The number of halogens is 2. The monoisotopic (exact) mass is 511 g/mol. The number of fused-ring (bicyclic) bond motifs is 1. The maximum absolute atomic E-state index is 14.0. The van der Waals surface area contributed by atoms with Crippen molar-refractivity contribution < 1.29 is 42.5 Å². The smallest absolute Gasteiger partial charge is 0.411 e. The second-order valence-corrected chi connectivity index (χ2v) is 10.4. The third-order valence-corrected chi connectivity index (χ3v) is 6.83. The molecule has 10 heteroatoms. The highest BCUT2D eigenvalue weighted by Gasteiger charge is 2.50. The summed E-state index contributed by atoms with van der Waals surface area (Å²) < 4.78 is 44.3. The van der Waals surface area contributed by atoms with Gasteiger partial charge in [-0.3, -0.25) is 4.90 Å². The topological polar surface area (TPSA) is 102 Å². The molecule has 0 radical (unpaired) electrons. The van der Waals surface area contributed by atoms with Gasteiger partial charge in [-0.1, -0.05) is 6.92 Å². The predicted molar refractivity (Wildman–Crippen MR) is 126 cm³/mol. The molecule has 1 aromatic carbocycles. The molecule has 36 heavy (non-hydrogen) atoms. The van der Waals surface area contributed by atoms with Crippen molar-refractivity contribution in [3.63, 3.8) is 0 Å². The first kappa shape index (κ1) is 27.7.